The lowest BCUT2D eigenvalue weighted by Gasteiger charge is -2.36. The van der Waals surface area contributed by atoms with Crippen molar-refractivity contribution < 1.29 is 18.3 Å². The molecule has 1 aromatic rings. The van der Waals surface area contributed by atoms with Gasteiger partial charge in [0.1, 0.15) is 5.82 Å². The number of nitrogens with zero attached hydrogens (tertiary/aromatic N) is 4. The van der Waals surface area contributed by atoms with Crippen LogP contribution in [-0.2, 0) is 19.3 Å². The molecule has 3 rings (SSSR count). The molecule has 1 aromatic heterocycles. The number of fused-ring (bicyclic) bond motifs is 1. The highest BCUT2D eigenvalue weighted by molar-refractivity contribution is 5.05. The van der Waals surface area contributed by atoms with Crippen molar-refractivity contribution in [3.63, 3.8) is 0 Å². The standard InChI is InChI=1S/C12H18F3N5O/c13-12(14,15)10-18-17-9-5-19(3-4-20(9)10)6-11(16,7-21)8-1-2-8/h8,21H,1-7,16H2. The van der Waals surface area contributed by atoms with E-state index in [0.29, 0.717) is 24.8 Å². The molecule has 1 saturated carbocycles. The third-order valence-corrected chi connectivity index (χ3v) is 4.29. The van der Waals surface area contributed by atoms with Crippen molar-refractivity contribution >= 4 is 0 Å². The van der Waals surface area contributed by atoms with Crippen LogP contribution >= 0.6 is 0 Å². The van der Waals surface area contributed by atoms with Crippen LogP contribution in [0, 0.1) is 5.92 Å². The smallest absolute Gasteiger partial charge is 0.394 e. The first-order valence-electron chi connectivity index (χ1n) is 6.95. The molecule has 0 aromatic carbocycles. The summed E-state index contributed by atoms with van der Waals surface area (Å²) in [5, 5.41) is 16.4. The van der Waals surface area contributed by atoms with Crippen molar-refractivity contribution in [3.05, 3.63) is 11.6 Å². The quantitative estimate of drug-likeness (QED) is 0.831. The van der Waals surface area contributed by atoms with Crippen LogP contribution in [0.2, 0.25) is 0 Å². The van der Waals surface area contributed by atoms with Gasteiger partial charge in [0.15, 0.2) is 0 Å². The van der Waals surface area contributed by atoms with Crippen molar-refractivity contribution in [2.75, 3.05) is 19.7 Å². The highest BCUT2D eigenvalue weighted by atomic mass is 19.4. The maximum absolute atomic E-state index is 12.8. The van der Waals surface area contributed by atoms with Gasteiger partial charge >= 0.3 is 6.18 Å². The summed E-state index contributed by atoms with van der Waals surface area (Å²) in [5.74, 6) is -0.349. The van der Waals surface area contributed by atoms with Crippen LogP contribution in [0.5, 0.6) is 0 Å². The Balaban J connectivity index is 1.72. The number of hydrogen-bond acceptors (Lipinski definition) is 5. The highest BCUT2D eigenvalue weighted by Gasteiger charge is 2.44. The van der Waals surface area contributed by atoms with Gasteiger partial charge in [-0.3, -0.25) is 4.90 Å². The van der Waals surface area contributed by atoms with E-state index >= 15 is 0 Å². The van der Waals surface area contributed by atoms with Gasteiger partial charge in [-0.25, -0.2) is 0 Å². The van der Waals surface area contributed by atoms with Crippen molar-refractivity contribution in [1.82, 2.24) is 19.7 Å². The molecule has 6 nitrogen and oxygen atoms in total. The second-order valence-electron chi connectivity index (χ2n) is 5.97. The molecule has 3 N–H and O–H groups in total. The van der Waals surface area contributed by atoms with Crippen molar-refractivity contribution in [1.29, 1.82) is 0 Å². The Morgan fingerprint density at radius 1 is 1.24 bits per heavy atom. The predicted molar refractivity (Wildman–Crippen MR) is 67.0 cm³/mol. The Morgan fingerprint density at radius 3 is 2.52 bits per heavy atom. The van der Waals surface area contributed by atoms with Gasteiger partial charge in [-0.2, -0.15) is 13.2 Å². The number of aliphatic hydroxyl groups is 1. The first kappa shape index (κ1) is 14.7. The molecule has 2 heterocycles. The number of rotatable bonds is 4. The second kappa shape index (κ2) is 4.92. The van der Waals surface area contributed by atoms with Gasteiger partial charge < -0.3 is 15.4 Å². The summed E-state index contributed by atoms with van der Waals surface area (Å²) in [6, 6.07) is 0. The second-order valence-corrected chi connectivity index (χ2v) is 5.97. The lowest BCUT2D eigenvalue weighted by atomic mass is 9.94. The average molecular weight is 305 g/mol. The van der Waals surface area contributed by atoms with E-state index in [2.05, 4.69) is 10.2 Å². The van der Waals surface area contributed by atoms with E-state index in [1.165, 1.54) is 0 Å². The first-order chi connectivity index (χ1) is 9.83. The zero-order valence-corrected chi connectivity index (χ0v) is 11.5. The summed E-state index contributed by atoms with van der Waals surface area (Å²) in [4.78, 5) is 1.94. The lowest BCUT2D eigenvalue weighted by molar-refractivity contribution is -0.148. The minimum absolute atomic E-state index is 0.116. The summed E-state index contributed by atoms with van der Waals surface area (Å²) in [7, 11) is 0. The van der Waals surface area contributed by atoms with Gasteiger partial charge in [-0.1, -0.05) is 0 Å². The Hall–Kier alpha value is -1.19. The molecule has 0 saturated heterocycles. The maximum atomic E-state index is 12.8. The molecule has 21 heavy (non-hydrogen) atoms. The van der Waals surface area contributed by atoms with Gasteiger partial charge in [0.2, 0.25) is 5.82 Å². The molecule has 2 aliphatic rings. The predicted octanol–water partition coefficient (Wildman–Crippen LogP) is 0.212. The van der Waals surface area contributed by atoms with E-state index in [-0.39, 0.29) is 19.7 Å². The van der Waals surface area contributed by atoms with Crippen LogP contribution in [-0.4, -0.2) is 50.0 Å². The van der Waals surface area contributed by atoms with Crippen LogP contribution in [0.1, 0.15) is 24.5 Å². The number of halogens is 3. The highest BCUT2D eigenvalue weighted by Crippen LogP contribution is 2.39. The Bertz CT molecular complexity index is 527. The number of nitrogens with two attached hydrogens (primary N) is 1. The molecular weight excluding hydrogens is 287 g/mol. The molecular formula is C12H18F3N5O. The SMILES string of the molecule is NC(CO)(CN1CCn2c(nnc2C(F)(F)F)C1)C1CC1. The molecule has 0 radical (unpaired) electrons. The van der Waals surface area contributed by atoms with Crippen molar-refractivity contribution in [3.8, 4) is 0 Å². The van der Waals surface area contributed by atoms with E-state index in [0.717, 1.165) is 17.4 Å². The maximum Gasteiger partial charge on any atom is 0.451 e. The zero-order chi connectivity index (χ0) is 15.3. The first-order valence-corrected chi connectivity index (χ1v) is 6.95. The monoisotopic (exact) mass is 305 g/mol. The average Bonchev–Trinajstić information content (AvgIpc) is 3.18. The number of hydrogen-bond donors (Lipinski definition) is 2. The molecule has 0 spiro atoms. The fourth-order valence-electron chi connectivity index (χ4n) is 2.94. The molecule has 1 aliphatic heterocycles. The minimum Gasteiger partial charge on any atom is -0.394 e. The third kappa shape index (κ3) is 2.77. The fraction of sp³-hybridized carbons (Fsp3) is 0.833. The lowest BCUT2D eigenvalue weighted by Crippen LogP contribution is -2.56. The van der Waals surface area contributed by atoms with Crippen molar-refractivity contribution in [2.45, 2.75) is 37.6 Å². The molecule has 118 valence electrons. The van der Waals surface area contributed by atoms with Crippen LogP contribution in [0.4, 0.5) is 13.2 Å². The van der Waals surface area contributed by atoms with E-state index in [1.54, 1.807) is 0 Å². The molecule has 0 amide bonds. The van der Waals surface area contributed by atoms with Crippen LogP contribution in [0.15, 0.2) is 0 Å². The van der Waals surface area contributed by atoms with Gasteiger partial charge in [0.05, 0.1) is 18.7 Å². The molecule has 9 heteroatoms. The molecule has 1 atom stereocenters. The molecule has 1 aliphatic carbocycles. The summed E-state index contributed by atoms with van der Waals surface area (Å²) in [6.07, 6.45) is -2.48. The minimum atomic E-state index is -4.48. The zero-order valence-electron chi connectivity index (χ0n) is 11.5. The van der Waals surface area contributed by atoms with E-state index in [4.69, 9.17) is 5.73 Å². The Kier molecular flexibility index (Phi) is 3.45. The molecule has 1 unspecified atom stereocenters. The fourth-order valence-corrected chi connectivity index (χ4v) is 2.94. The van der Waals surface area contributed by atoms with Gasteiger partial charge in [-0.15, -0.1) is 10.2 Å². The molecule has 1 fully saturated rings. The normalized spacial score (nSPS) is 22.9. The van der Waals surface area contributed by atoms with Crippen LogP contribution < -0.4 is 5.73 Å². The van der Waals surface area contributed by atoms with E-state index in [1.807, 2.05) is 4.90 Å². The Labute approximate surface area is 119 Å². The third-order valence-electron chi connectivity index (χ3n) is 4.29. The summed E-state index contributed by atoms with van der Waals surface area (Å²) >= 11 is 0. The van der Waals surface area contributed by atoms with Gasteiger partial charge in [0.25, 0.3) is 0 Å². The van der Waals surface area contributed by atoms with Gasteiger partial charge in [0, 0.05) is 19.6 Å². The van der Waals surface area contributed by atoms with E-state index < -0.39 is 17.5 Å². The van der Waals surface area contributed by atoms with Gasteiger partial charge in [-0.05, 0) is 18.8 Å². The summed E-state index contributed by atoms with van der Waals surface area (Å²) < 4.78 is 39.4. The summed E-state index contributed by atoms with van der Waals surface area (Å²) in [6.45, 7) is 1.24. The van der Waals surface area contributed by atoms with Crippen molar-refractivity contribution in [2.24, 2.45) is 11.7 Å². The topological polar surface area (TPSA) is 80.2 Å². The summed E-state index contributed by atoms with van der Waals surface area (Å²) in [5.41, 5.74) is 5.54. The number of aliphatic hydroxyl groups excluding tert-OH is 1. The number of aromatic nitrogens is 3. The van der Waals surface area contributed by atoms with E-state index in [9.17, 15) is 18.3 Å². The molecule has 0 bridgehead atoms. The van der Waals surface area contributed by atoms with Crippen LogP contribution in [0.25, 0.3) is 0 Å². The van der Waals surface area contributed by atoms with Crippen LogP contribution in [0.3, 0.4) is 0 Å². The Morgan fingerprint density at radius 2 is 1.95 bits per heavy atom. The largest absolute Gasteiger partial charge is 0.451 e. The number of alkyl halides is 3.